The fraction of sp³-hybridized carbons (Fsp3) is 0.365. The summed E-state index contributed by atoms with van der Waals surface area (Å²) in [6, 6.07) is 20.2. The quantitative estimate of drug-likeness (QED) is 0.0929. The first-order valence-electron chi connectivity index (χ1n) is 29.2. The molecule has 12 heterocycles. The summed E-state index contributed by atoms with van der Waals surface area (Å²) >= 11 is 6.47. The summed E-state index contributed by atoms with van der Waals surface area (Å²) in [7, 11) is 0. The molecule has 9 aromatic heterocycles. The molecule has 19 nitrogen and oxygen atoms in total. The second-order valence-electron chi connectivity index (χ2n) is 23.0. The molecule has 0 saturated heterocycles. The molecule has 4 unspecified atom stereocenters. The average molecular weight is 1140 g/mol. The van der Waals surface area contributed by atoms with E-state index in [-0.39, 0.29) is 5.82 Å². The minimum absolute atomic E-state index is 0.273. The molecule has 0 radical (unpaired) electrons. The summed E-state index contributed by atoms with van der Waals surface area (Å²) in [6.45, 7) is 8.32. The van der Waals surface area contributed by atoms with Gasteiger partial charge < -0.3 is 41.7 Å². The van der Waals surface area contributed by atoms with Gasteiger partial charge in [-0.15, -0.1) is 0 Å². The number of oxazole rings is 3. The predicted octanol–water partition coefficient (Wildman–Crippen LogP) is 11.3. The van der Waals surface area contributed by atoms with E-state index in [1.807, 2.05) is 49.9 Å². The topological polar surface area (TPSA) is 204 Å². The standard InChI is InChI=1S/C63H60ClFN16O3/c1-38-8-14-46(51-32-70-58(82-51)26-39-9-11-42(65)12-10-39)61(73-38)78-22-24-80-49(30-68-56(80)36-78)44-6-2-4-40(44)27-59-71-33-52(83-59)47-15-13-43(29-66)74-62(47)79-23-25-81-50(31-69-57(81)37-79)45-7-3-5-41(45)28-60-72-34-53(84-60)48-16-17-54(64)75-63(48)77-21-20-76-19-18-67-55(76)35-77/h8-19,30-34,40-41,44-45H,2-7,20-28,35-37H2,1H3. The molecule has 10 aromatic rings. The van der Waals surface area contributed by atoms with Crippen LogP contribution in [-0.2, 0) is 58.5 Å². The van der Waals surface area contributed by atoms with Crippen molar-refractivity contribution in [2.24, 2.45) is 11.8 Å². The van der Waals surface area contributed by atoms with Crippen LogP contribution in [0.5, 0.6) is 0 Å². The van der Waals surface area contributed by atoms with Gasteiger partial charge in [0.2, 0.25) is 0 Å². The largest absolute Gasteiger partial charge is 0.441 e. The molecule has 0 spiro atoms. The van der Waals surface area contributed by atoms with Crippen molar-refractivity contribution in [3.8, 4) is 40.0 Å². The van der Waals surface area contributed by atoms with Crippen molar-refractivity contribution >= 4 is 29.1 Å². The van der Waals surface area contributed by atoms with Gasteiger partial charge in [0, 0.05) is 112 Å². The van der Waals surface area contributed by atoms with Crippen LogP contribution in [0, 0.1) is 35.9 Å². The number of benzene rings is 1. The highest BCUT2D eigenvalue weighted by Gasteiger charge is 2.37. The summed E-state index contributed by atoms with van der Waals surface area (Å²) in [5, 5.41) is 10.5. The van der Waals surface area contributed by atoms with Crippen LogP contribution in [0.4, 0.5) is 21.8 Å². The lowest BCUT2D eigenvalue weighted by molar-refractivity contribution is 0.394. The van der Waals surface area contributed by atoms with Crippen LogP contribution in [0.15, 0.2) is 117 Å². The Balaban J connectivity index is 0.610. The van der Waals surface area contributed by atoms with Crippen molar-refractivity contribution in [3.63, 3.8) is 0 Å². The highest BCUT2D eigenvalue weighted by atomic mass is 35.5. The maximum atomic E-state index is 13.6. The molecule has 15 rings (SSSR count). The number of hydrogen-bond donors (Lipinski definition) is 0. The maximum Gasteiger partial charge on any atom is 0.199 e. The third kappa shape index (κ3) is 9.86. The van der Waals surface area contributed by atoms with Gasteiger partial charge in [-0.05, 0) is 98.5 Å². The van der Waals surface area contributed by atoms with E-state index in [4.69, 9.17) is 59.7 Å². The summed E-state index contributed by atoms with van der Waals surface area (Å²) in [5.41, 5.74) is 7.23. The van der Waals surface area contributed by atoms with Gasteiger partial charge in [0.1, 0.15) is 57.7 Å². The van der Waals surface area contributed by atoms with Gasteiger partial charge in [0.15, 0.2) is 35.0 Å². The monoisotopic (exact) mass is 1140 g/mol. The number of aromatic nitrogens is 12. The van der Waals surface area contributed by atoms with Crippen molar-refractivity contribution in [1.29, 1.82) is 5.26 Å². The number of pyridine rings is 3. The van der Waals surface area contributed by atoms with E-state index >= 15 is 0 Å². The lowest BCUT2D eigenvalue weighted by Crippen LogP contribution is -2.35. The van der Waals surface area contributed by atoms with Gasteiger partial charge in [-0.1, -0.05) is 36.6 Å². The third-order valence-electron chi connectivity index (χ3n) is 18.0. The van der Waals surface area contributed by atoms with E-state index in [0.29, 0.717) is 108 Å². The molecule has 21 heteroatoms. The van der Waals surface area contributed by atoms with Crippen molar-refractivity contribution < 1.29 is 17.6 Å². The minimum Gasteiger partial charge on any atom is -0.441 e. The smallest absolute Gasteiger partial charge is 0.199 e. The van der Waals surface area contributed by atoms with Crippen LogP contribution >= 0.6 is 11.6 Å². The summed E-state index contributed by atoms with van der Waals surface area (Å²) in [4.78, 5) is 50.3. The lowest BCUT2D eigenvalue weighted by atomic mass is 9.90. The first-order valence-corrected chi connectivity index (χ1v) is 29.6. The van der Waals surface area contributed by atoms with E-state index in [1.165, 1.54) is 23.5 Å². The SMILES string of the molecule is Cc1ccc(-c2cnc(Cc3ccc(F)cc3)o2)c(N2CCn3c(C4CCCC4Cc4ncc(-c5ccc(C#N)nc5N5CCn6c(C7CCCC7Cc7ncc(-c8ccc(Cl)nc8N8CCn9ccnc9C8)o7)cnc6C5)o4)cnc3C2)n1. The van der Waals surface area contributed by atoms with Crippen molar-refractivity contribution in [2.75, 3.05) is 34.3 Å². The molecule has 84 heavy (non-hydrogen) atoms. The number of aryl methyl sites for hydroxylation is 1. The van der Waals surface area contributed by atoms with Gasteiger partial charge in [-0.3, -0.25) is 0 Å². The Bertz CT molecular complexity index is 4110. The molecule has 0 N–H and O–H groups in total. The molecule has 424 valence electrons. The predicted molar refractivity (Wildman–Crippen MR) is 310 cm³/mol. The fourth-order valence-electron chi connectivity index (χ4n) is 13.8. The van der Waals surface area contributed by atoms with E-state index < -0.39 is 0 Å². The van der Waals surface area contributed by atoms with Crippen molar-refractivity contribution in [1.82, 2.24) is 58.6 Å². The van der Waals surface area contributed by atoms with Gasteiger partial charge in [0.25, 0.3) is 0 Å². The minimum atomic E-state index is -0.273. The van der Waals surface area contributed by atoms with Crippen molar-refractivity contribution in [2.45, 2.75) is 116 Å². The van der Waals surface area contributed by atoms with E-state index in [1.54, 1.807) is 30.5 Å². The second kappa shape index (κ2) is 21.7. The molecule has 0 bridgehead atoms. The summed E-state index contributed by atoms with van der Waals surface area (Å²) in [5.74, 6) is 10.2. The maximum absolute atomic E-state index is 13.6. The highest BCUT2D eigenvalue weighted by Crippen LogP contribution is 2.46. The highest BCUT2D eigenvalue weighted by molar-refractivity contribution is 6.29. The Morgan fingerprint density at radius 3 is 1.71 bits per heavy atom. The first kappa shape index (κ1) is 51.9. The molecule has 5 aliphatic rings. The van der Waals surface area contributed by atoms with E-state index in [0.717, 1.165) is 141 Å². The van der Waals surface area contributed by atoms with Gasteiger partial charge in [0.05, 0.1) is 54.9 Å². The van der Waals surface area contributed by atoms with E-state index in [9.17, 15) is 9.65 Å². The Kier molecular flexibility index (Phi) is 13.4. The van der Waals surface area contributed by atoms with Crippen LogP contribution in [0.2, 0.25) is 5.15 Å². The molecule has 2 fully saturated rings. The van der Waals surface area contributed by atoms with Crippen molar-refractivity contribution in [3.05, 3.63) is 178 Å². The number of halogens is 2. The molecule has 4 atom stereocenters. The Morgan fingerprint density at radius 1 is 0.560 bits per heavy atom. The first-order chi connectivity index (χ1) is 41.2. The molecule has 2 saturated carbocycles. The Labute approximate surface area is 488 Å². The molecule has 1 aromatic carbocycles. The van der Waals surface area contributed by atoms with Crippen LogP contribution in [0.1, 0.15) is 114 Å². The lowest BCUT2D eigenvalue weighted by Gasteiger charge is -2.32. The van der Waals surface area contributed by atoms with Gasteiger partial charge in [-0.25, -0.2) is 49.2 Å². The number of hydrogen-bond acceptors (Lipinski definition) is 16. The van der Waals surface area contributed by atoms with Crippen LogP contribution in [-0.4, -0.2) is 78.2 Å². The average Bonchev–Trinajstić information content (AvgIpc) is 4.55. The van der Waals surface area contributed by atoms with Crippen LogP contribution in [0.3, 0.4) is 0 Å². The second-order valence-corrected chi connectivity index (χ2v) is 23.4. The summed E-state index contributed by atoms with van der Waals surface area (Å²) in [6.07, 6.45) is 21.8. The Morgan fingerprint density at radius 2 is 1.10 bits per heavy atom. The van der Waals surface area contributed by atoms with Gasteiger partial charge >= 0.3 is 0 Å². The number of nitrogens with zero attached hydrogens (tertiary/aromatic N) is 16. The zero-order valence-corrected chi connectivity index (χ0v) is 47.2. The number of nitriles is 1. The molecule has 3 aliphatic heterocycles. The molecular formula is C63H60ClFN16O3. The summed E-state index contributed by atoms with van der Waals surface area (Å²) < 4.78 is 40.1. The normalized spacial score (nSPS) is 19.4. The number of imidazole rings is 3. The molecule has 2 aliphatic carbocycles. The van der Waals surface area contributed by atoms with Crippen LogP contribution in [0.25, 0.3) is 34.0 Å². The number of rotatable bonds is 14. The number of anilines is 3. The van der Waals surface area contributed by atoms with Gasteiger partial charge in [-0.2, -0.15) is 5.26 Å². The zero-order valence-electron chi connectivity index (χ0n) is 46.5. The van der Waals surface area contributed by atoms with E-state index in [2.05, 4.69) is 62.9 Å². The zero-order chi connectivity index (χ0) is 56.4. The van der Waals surface area contributed by atoms with Crippen LogP contribution < -0.4 is 14.7 Å². The third-order valence-corrected chi connectivity index (χ3v) is 18.2. The Hall–Kier alpha value is -8.96. The number of fused-ring (bicyclic) bond motifs is 3. The fourth-order valence-corrected chi connectivity index (χ4v) is 13.9. The molecule has 0 amide bonds. The molecular weight excluding hydrogens is 1080 g/mol.